The van der Waals surface area contributed by atoms with E-state index in [1.165, 1.54) is 34.8 Å². The smallest absolute Gasteiger partial charge is 0.269 e. The van der Waals surface area contributed by atoms with Crippen molar-refractivity contribution in [3.8, 4) is 0 Å². The Kier molecular flexibility index (Phi) is 6.43. The van der Waals surface area contributed by atoms with Crippen LogP contribution in [0.5, 0.6) is 0 Å². The van der Waals surface area contributed by atoms with Gasteiger partial charge in [0.2, 0.25) is 0 Å². The molecule has 1 aliphatic heterocycles. The van der Waals surface area contributed by atoms with E-state index in [0.29, 0.717) is 12.0 Å². The first-order valence-corrected chi connectivity index (χ1v) is 9.48. The van der Waals surface area contributed by atoms with E-state index in [0.717, 1.165) is 12.8 Å². The van der Waals surface area contributed by atoms with Gasteiger partial charge in [0.05, 0.1) is 11.0 Å². The highest BCUT2D eigenvalue weighted by Gasteiger charge is 2.36. The van der Waals surface area contributed by atoms with Crippen LogP contribution in [0.25, 0.3) is 0 Å². The molecule has 1 aliphatic rings. The van der Waals surface area contributed by atoms with Crippen LogP contribution in [0.1, 0.15) is 35.2 Å². The van der Waals surface area contributed by atoms with Crippen molar-refractivity contribution in [3.05, 3.63) is 75.8 Å². The lowest BCUT2D eigenvalue weighted by atomic mass is 10.0. The van der Waals surface area contributed by atoms with Crippen LogP contribution in [0.15, 0.2) is 54.6 Å². The van der Waals surface area contributed by atoms with Crippen molar-refractivity contribution in [1.82, 2.24) is 10.4 Å². The Morgan fingerprint density at radius 2 is 1.82 bits per heavy atom. The molecule has 0 radical (unpaired) electrons. The minimum absolute atomic E-state index is 0.0555. The number of non-ortho nitro benzene ring substituents is 1. The number of benzene rings is 2. The molecular formula is C20H21N3O4S. The van der Waals surface area contributed by atoms with Gasteiger partial charge in [-0.1, -0.05) is 30.3 Å². The topological polar surface area (TPSA) is 92.6 Å². The molecule has 2 atom stereocenters. The molecule has 2 unspecified atom stereocenters. The quantitative estimate of drug-likeness (QED) is 0.424. The number of carbonyl (C=O) groups excluding carboxylic acids is 2. The summed E-state index contributed by atoms with van der Waals surface area (Å²) in [5.41, 5.74) is 4.69. The van der Waals surface area contributed by atoms with Gasteiger partial charge in [0.25, 0.3) is 11.6 Å². The second-order valence-electron chi connectivity index (χ2n) is 6.82. The molecule has 0 saturated carbocycles. The third-order valence-electron chi connectivity index (χ3n) is 4.82. The molecule has 28 heavy (non-hydrogen) atoms. The first-order valence-electron chi connectivity index (χ1n) is 9.04. The lowest BCUT2D eigenvalue weighted by molar-refractivity contribution is -0.384. The summed E-state index contributed by atoms with van der Waals surface area (Å²) in [6.45, 7) is 0. The van der Waals surface area contributed by atoms with E-state index in [1.54, 1.807) is 0 Å². The summed E-state index contributed by atoms with van der Waals surface area (Å²) in [4.78, 5) is 34.7. The maximum absolute atomic E-state index is 12.9. The Bertz CT molecular complexity index is 858. The van der Waals surface area contributed by atoms with Gasteiger partial charge in [-0.2, -0.15) is 0 Å². The zero-order valence-corrected chi connectivity index (χ0v) is 16.0. The first kappa shape index (κ1) is 20.0. The molecular weight excluding hydrogens is 378 g/mol. The van der Waals surface area contributed by atoms with Crippen LogP contribution in [-0.4, -0.2) is 33.0 Å². The third-order valence-corrected chi connectivity index (χ3v) is 5.00. The predicted molar refractivity (Wildman–Crippen MR) is 108 cm³/mol. The highest BCUT2D eigenvalue weighted by atomic mass is 32.1. The highest BCUT2D eigenvalue weighted by molar-refractivity contribution is 7.96. The Morgan fingerprint density at radius 3 is 2.43 bits per heavy atom. The van der Waals surface area contributed by atoms with E-state index in [1.807, 2.05) is 18.2 Å². The Hall–Kier alpha value is -2.71. The monoisotopic (exact) mass is 399 g/mol. The van der Waals surface area contributed by atoms with E-state index >= 15 is 0 Å². The second-order valence-corrected chi connectivity index (χ2v) is 7.32. The number of nitrogens with zero attached hydrogens (tertiary/aromatic N) is 2. The standard InChI is InChI=1S/C20H21N3O4S/c24-19(28)13-18-12-16(9-6-14-4-2-1-3-5-14)21-22(18)20(25)15-7-10-17(11-8-15)23(26)27/h1-5,7-8,10-11,16,18,21H,6,9,12-13H2,(H,24,28). The molecule has 2 aromatic carbocycles. The Morgan fingerprint density at radius 1 is 1.14 bits per heavy atom. The fourth-order valence-corrected chi connectivity index (χ4v) is 3.63. The molecule has 1 amide bonds. The largest absolute Gasteiger partial charge is 0.287 e. The first-order chi connectivity index (χ1) is 13.4. The molecule has 0 bridgehead atoms. The molecule has 3 rings (SSSR count). The number of rotatable bonds is 7. The maximum atomic E-state index is 12.9. The van der Waals surface area contributed by atoms with Crippen molar-refractivity contribution in [1.29, 1.82) is 0 Å². The fourth-order valence-electron chi connectivity index (χ4n) is 3.42. The van der Waals surface area contributed by atoms with Gasteiger partial charge in [-0.05, 0) is 37.0 Å². The van der Waals surface area contributed by atoms with Crippen LogP contribution in [0.3, 0.4) is 0 Å². The number of amides is 1. The van der Waals surface area contributed by atoms with Gasteiger partial charge < -0.3 is 0 Å². The van der Waals surface area contributed by atoms with Crippen LogP contribution in [0, 0.1) is 10.1 Å². The number of aryl methyl sites for hydroxylation is 1. The van der Waals surface area contributed by atoms with Gasteiger partial charge in [0.1, 0.15) is 0 Å². The average molecular weight is 399 g/mol. The summed E-state index contributed by atoms with van der Waals surface area (Å²) in [5, 5.41) is 12.0. The number of nitrogens with one attached hydrogen (secondary N) is 1. The fraction of sp³-hybridized carbons (Fsp3) is 0.300. The maximum Gasteiger partial charge on any atom is 0.269 e. The number of thiol groups is 1. The van der Waals surface area contributed by atoms with Crippen molar-refractivity contribution in [2.24, 2.45) is 0 Å². The number of nitro benzene ring substituents is 1. The molecule has 146 valence electrons. The van der Waals surface area contributed by atoms with Crippen LogP contribution >= 0.6 is 12.6 Å². The molecule has 2 aromatic rings. The van der Waals surface area contributed by atoms with Gasteiger partial charge in [0.15, 0.2) is 5.12 Å². The van der Waals surface area contributed by atoms with Crippen LogP contribution < -0.4 is 5.43 Å². The van der Waals surface area contributed by atoms with E-state index in [9.17, 15) is 19.7 Å². The van der Waals surface area contributed by atoms with Gasteiger partial charge in [-0.3, -0.25) is 24.7 Å². The zero-order chi connectivity index (χ0) is 20.1. The van der Waals surface area contributed by atoms with Crippen molar-refractivity contribution >= 4 is 29.3 Å². The SMILES string of the molecule is O=C(S)CC1CC(CCc2ccccc2)NN1C(=O)c1ccc([N+](=O)[O-])cc1. The Labute approximate surface area is 168 Å². The summed E-state index contributed by atoms with van der Waals surface area (Å²) >= 11 is 3.86. The third kappa shape index (κ3) is 4.96. The van der Waals surface area contributed by atoms with Crippen molar-refractivity contribution in [2.75, 3.05) is 0 Å². The molecule has 0 spiro atoms. The van der Waals surface area contributed by atoms with Gasteiger partial charge in [-0.15, -0.1) is 12.6 Å². The molecule has 1 saturated heterocycles. The molecule has 0 aliphatic carbocycles. The second kappa shape index (κ2) is 8.99. The van der Waals surface area contributed by atoms with Crippen LogP contribution in [-0.2, 0) is 11.2 Å². The lowest BCUT2D eigenvalue weighted by Gasteiger charge is -2.23. The summed E-state index contributed by atoms with van der Waals surface area (Å²) in [5.74, 6) is -0.309. The van der Waals surface area contributed by atoms with Gasteiger partial charge in [0, 0.05) is 30.2 Å². The van der Waals surface area contributed by atoms with Crippen molar-refractivity contribution < 1.29 is 14.5 Å². The summed E-state index contributed by atoms with van der Waals surface area (Å²) < 4.78 is 0. The average Bonchev–Trinajstić information content (AvgIpc) is 3.08. The minimum atomic E-state index is -0.510. The van der Waals surface area contributed by atoms with E-state index in [4.69, 9.17) is 0 Å². The van der Waals surface area contributed by atoms with Gasteiger partial charge >= 0.3 is 0 Å². The van der Waals surface area contributed by atoms with Crippen molar-refractivity contribution in [2.45, 2.75) is 37.8 Å². The summed E-state index contributed by atoms with van der Waals surface area (Å²) in [7, 11) is 0. The number of carbonyl (C=O) groups is 2. The number of nitro groups is 1. The number of hydrazine groups is 1. The minimum Gasteiger partial charge on any atom is -0.287 e. The molecule has 1 N–H and O–H groups in total. The highest BCUT2D eigenvalue weighted by Crippen LogP contribution is 2.24. The molecule has 1 heterocycles. The molecule has 0 aromatic heterocycles. The summed E-state index contributed by atoms with van der Waals surface area (Å²) in [6.07, 6.45) is 2.49. The van der Waals surface area contributed by atoms with Gasteiger partial charge in [-0.25, -0.2) is 5.43 Å². The van der Waals surface area contributed by atoms with E-state index in [-0.39, 0.29) is 35.2 Å². The van der Waals surface area contributed by atoms with E-state index < -0.39 is 4.92 Å². The zero-order valence-electron chi connectivity index (χ0n) is 15.2. The summed E-state index contributed by atoms with van der Waals surface area (Å²) in [6, 6.07) is 15.3. The molecule has 8 heteroatoms. The number of hydrogen-bond donors (Lipinski definition) is 2. The van der Waals surface area contributed by atoms with E-state index in [2.05, 4.69) is 30.2 Å². The predicted octanol–water partition coefficient (Wildman–Crippen LogP) is 3.16. The molecule has 1 fully saturated rings. The van der Waals surface area contributed by atoms with Crippen molar-refractivity contribution in [3.63, 3.8) is 0 Å². The lowest BCUT2D eigenvalue weighted by Crippen LogP contribution is -2.44. The van der Waals surface area contributed by atoms with Crippen LogP contribution in [0.4, 0.5) is 5.69 Å². The van der Waals surface area contributed by atoms with Crippen LogP contribution in [0.2, 0.25) is 0 Å². The normalized spacial score (nSPS) is 18.8. The Balaban J connectivity index is 1.70. The molecule has 7 nitrogen and oxygen atoms in total. The number of hydrogen-bond acceptors (Lipinski definition) is 5.